The Balaban J connectivity index is 2.14. The first kappa shape index (κ1) is 13.1. The summed E-state index contributed by atoms with van der Waals surface area (Å²) < 4.78 is 7.27. The molecule has 1 heterocycles. The molecule has 0 fully saturated rings. The molecule has 0 aliphatic heterocycles. The van der Waals surface area contributed by atoms with E-state index in [1.807, 2.05) is 55.5 Å². The molecule has 0 aliphatic carbocycles. The van der Waals surface area contributed by atoms with Gasteiger partial charge in [-0.3, -0.25) is 0 Å². The van der Waals surface area contributed by atoms with Crippen molar-refractivity contribution in [2.24, 2.45) is 0 Å². The average molecular weight is 281 g/mol. The fourth-order valence-corrected chi connectivity index (χ4v) is 2.13. The van der Waals surface area contributed by atoms with Crippen LogP contribution in [0, 0.1) is 0 Å². The molecule has 0 amide bonds. The Bertz CT molecular complexity index is 753. The van der Waals surface area contributed by atoms with Crippen molar-refractivity contribution in [2.75, 3.05) is 12.3 Å². The monoisotopic (exact) mass is 281 g/mol. The molecule has 6 nitrogen and oxygen atoms in total. The molecule has 6 heteroatoms. The fourth-order valence-electron chi connectivity index (χ4n) is 2.13. The van der Waals surface area contributed by atoms with Crippen molar-refractivity contribution in [2.45, 2.75) is 6.92 Å². The number of ether oxygens (including phenoxy) is 1. The van der Waals surface area contributed by atoms with Crippen LogP contribution in [0.25, 0.3) is 17.1 Å². The summed E-state index contributed by atoms with van der Waals surface area (Å²) in [5.41, 5.74) is 8.21. The lowest BCUT2D eigenvalue weighted by atomic mass is 10.1. The zero-order valence-electron chi connectivity index (χ0n) is 11.6. The van der Waals surface area contributed by atoms with Gasteiger partial charge in [0.05, 0.1) is 6.61 Å². The standard InChI is InChI=1S/C15H15N5O/c1-2-21-14-10-6-5-9-13(14)20-15(17-18-19-20)11-7-3-4-8-12(11)16/h3-10H,2,16H2,1H3. The van der Waals surface area contributed by atoms with Gasteiger partial charge in [-0.15, -0.1) is 5.10 Å². The van der Waals surface area contributed by atoms with Gasteiger partial charge in [-0.05, 0) is 41.6 Å². The molecular formula is C15H15N5O. The zero-order valence-corrected chi connectivity index (χ0v) is 11.6. The topological polar surface area (TPSA) is 78.8 Å². The van der Waals surface area contributed by atoms with Gasteiger partial charge in [-0.2, -0.15) is 4.68 Å². The number of hydrogen-bond donors (Lipinski definition) is 1. The summed E-state index contributed by atoms with van der Waals surface area (Å²) in [5, 5.41) is 11.9. The van der Waals surface area contributed by atoms with Crippen LogP contribution in [0.1, 0.15) is 6.92 Å². The SMILES string of the molecule is CCOc1ccccc1-n1nnnc1-c1ccccc1N. The van der Waals surface area contributed by atoms with Crippen LogP contribution in [-0.4, -0.2) is 26.8 Å². The average Bonchev–Trinajstić information content (AvgIpc) is 2.98. The highest BCUT2D eigenvalue weighted by molar-refractivity contribution is 5.72. The van der Waals surface area contributed by atoms with Crippen molar-refractivity contribution >= 4 is 5.69 Å². The van der Waals surface area contributed by atoms with Crippen LogP contribution in [0.5, 0.6) is 5.75 Å². The minimum atomic E-state index is 0.571. The zero-order chi connectivity index (χ0) is 14.7. The van der Waals surface area contributed by atoms with Gasteiger partial charge >= 0.3 is 0 Å². The first-order valence-corrected chi connectivity index (χ1v) is 6.66. The van der Waals surface area contributed by atoms with E-state index in [9.17, 15) is 0 Å². The van der Waals surface area contributed by atoms with Crippen molar-refractivity contribution in [3.63, 3.8) is 0 Å². The third-order valence-electron chi connectivity index (χ3n) is 3.06. The van der Waals surface area contributed by atoms with E-state index < -0.39 is 0 Å². The lowest BCUT2D eigenvalue weighted by molar-refractivity contribution is 0.338. The summed E-state index contributed by atoms with van der Waals surface area (Å²) in [4.78, 5) is 0. The largest absolute Gasteiger partial charge is 0.492 e. The van der Waals surface area contributed by atoms with Crippen LogP contribution in [0.3, 0.4) is 0 Å². The maximum atomic E-state index is 6.02. The molecule has 0 unspecified atom stereocenters. The smallest absolute Gasteiger partial charge is 0.189 e. The van der Waals surface area contributed by atoms with Crippen molar-refractivity contribution < 1.29 is 4.74 Å². The Labute approximate surface area is 122 Å². The molecule has 0 atom stereocenters. The quantitative estimate of drug-likeness (QED) is 0.742. The van der Waals surface area contributed by atoms with Gasteiger partial charge in [0, 0.05) is 11.3 Å². The number of nitrogen functional groups attached to an aromatic ring is 1. The molecule has 2 N–H and O–H groups in total. The van der Waals surface area contributed by atoms with Crippen molar-refractivity contribution in [3.8, 4) is 22.8 Å². The minimum absolute atomic E-state index is 0.571. The summed E-state index contributed by atoms with van der Waals surface area (Å²) in [6.45, 7) is 2.51. The van der Waals surface area contributed by atoms with Gasteiger partial charge in [0.1, 0.15) is 11.4 Å². The van der Waals surface area contributed by atoms with E-state index in [0.29, 0.717) is 18.1 Å². The molecule has 2 aromatic carbocycles. The number of nitrogens with two attached hydrogens (primary N) is 1. The first-order valence-electron chi connectivity index (χ1n) is 6.66. The highest BCUT2D eigenvalue weighted by Gasteiger charge is 2.15. The number of rotatable bonds is 4. The van der Waals surface area contributed by atoms with E-state index in [0.717, 1.165) is 17.0 Å². The molecule has 0 saturated carbocycles. The lowest BCUT2D eigenvalue weighted by Crippen LogP contribution is -2.04. The molecule has 0 radical (unpaired) electrons. The molecule has 3 aromatic rings. The van der Waals surface area contributed by atoms with Gasteiger partial charge in [0.25, 0.3) is 0 Å². The maximum absolute atomic E-state index is 6.02. The molecule has 21 heavy (non-hydrogen) atoms. The minimum Gasteiger partial charge on any atom is -0.492 e. The third-order valence-corrected chi connectivity index (χ3v) is 3.06. The molecule has 0 saturated heterocycles. The summed E-state index contributed by atoms with van der Waals surface area (Å²) in [6.07, 6.45) is 0. The Morgan fingerprint density at radius 2 is 1.86 bits per heavy atom. The van der Waals surface area contributed by atoms with Crippen LogP contribution < -0.4 is 10.5 Å². The second-order valence-electron chi connectivity index (χ2n) is 4.40. The lowest BCUT2D eigenvalue weighted by Gasteiger charge is -2.11. The maximum Gasteiger partial charge on any atom is 0.189 e. The van der Waals surface area contributed by atoms with Crippen LogP contribution in [0.2, 0.25) is 0 Å². The van der Waals surface area contributed by atoms with E-state index in [1.54, 1.807) is 4.68 Å². The van der Waals surface area contributed by atoms with E-state index in [4.69, 9.17) is 10.5 Å². The summed E-state index contributed by atoms with van der Waals surface area (Å²) in [7, 11) is 0. The number of anilines is 1. The number of para-hydroxylation sites is 3. The second kappa shape index (κ2) is 5.62. The molecular weight excluding hydrogens is 266 g/mol. The van der Waals surface area contributed by atoms with Crippen LogP contribution in [0.4, 0.5) is 5.69 Å². The summed E-state index contributed by atoms with van der Waals surface area (Å²) in [6, 6.07) is 15.1. The van der Waals surface area contributed by atoms with E-state index in [2.05, 4.69) is 15.5 Å². The molecule has 0 aliphatic rings. The van der Waals surface area contributed by atoms with Gasteiger partial charge < -0.3 is 10.5 Å². The van der Waals surface area contributed by atoms with E-state index >= 15 is 0 Å². The predicted molar refractivity (Wildman–Crippen MR) is 80.2 cm³/mol. The van der Waals surface area contributed by atoms with Crippen LogP contribution in [-0.2, 0) is 0 Å². The van der Waals surface area contributed by atoms with Gasteiger partial charge in [0.2, 0.25) is 0 Å². The Morgan fingerprint density at radius 1 is 1.10 bits per heavy atom. The normalized spacial score (nSPS) is 10.5. The van der Waals surface area contributed by atoms with Crippen molar-refractivity contribution in [1.82, 2.24) is 20.2 Å². The van der Waals surface area contributed by atoms with Crippen molar-refractivity contribution in [3.05, 3.63) is 48.5 Å². The first-order chi connectivity index (χ1) is 10.3. The fraction of sp³-hybridized carbons (Fsp3) is 0.133. The number of nitrogens with zero attached hydrogens (tertiary/aromatic N) is 4. The third kappa shape index (κ3) is 2.43. The van der Waals surface area contributed by atoms with Crippen LogP contribution >= 0.6 is 0 Å². The molecule has 106 valence electrons. The molecule has 3 rings (SSSR count). The number of benzene rings is 2. The number of hydrogen-bond acceptors (Lipinski definition) is 5. The molecule has 0 spiro atoms. The summed E-state index contributed by atoms with van der Waals surface area (Å²) in [5.74, 6) is 1.31. The highest BCUT2D eigenvalue weighted by Crippen LogP contribution is 2.28. The van der Waals surface area contributed by atoms with Gasteiger partial charge in [-0.25, -0.2) is 0 Å². The van der Waals surface area contributed by atoms with Gasteiger partial charge in [-0.1, -0.05) is 24.3 Å². The predicted octanol–water partition coefficient (Wildman–Crippen LogP) is 2.31. The van der Waals surface area contributed by atoms with E-state index in [1.165, 1.54) is 0 Å². The second-order valence-corrected chi connectivity index (χ2v) is 4.40. The Kier molecular flexibility index (Phi) is 3.51. The summed E-state index contributed by atoms with van der Waals surface area (Å²) >= 11 is 0. The highest BCUT2D eigenvalue weighted by atomic mass is 16.5. The number of aromatic nitrogens is 4. The molecule has 0 bridgehead atoms. The Hall–Kier alpha value is -2.89. The number of tetrazole rings is 1. The van der Waals surface area contributed by atoms with E-state index in [-0.39, 0.29) is 0 Å². The van der Waals surface area contributed by atoms with Crippen molar-refractivity contribution in [1.29, 1.82) is 0 Å². The van der Waals surface area contributed by atoms with Crippen LogP contribution in [0.15, 0.2) is 48.5 Å². The molecule has 1 aromatic heterocycles. The Morgan fingerprint density at radius 3 is 2.67 bits per heavy atom. The van der Waals surface area contributed by atoms with Gasteiger partial charge in [0.15, 0.2) is 5.82 Å².